The highest BCUT2D eigenvalue weighted by atomic mass is 19.1. The Hall–Kier alpha value is -3.30. The number of aliphatic hydroxyl groups is 1. The summed E-state index contributed by atoms with van der Waals surface area (Å²) in [5.41, 5.74) is 5.28. The Kier molecular flexibility index (Phi) is 6.91. The Morgan fingerprint density at radius 2 is 1.97 bits per heavy atom. The van der Waals surface area contributed by atoms with Gasteiger partial charge in [-0.25, -0.2) is 9.37 Å². The summed E-state index contributed by atoms with van der Waals surface area (Å²) < 4.78 is 24.6. The molecule has 1 unspecified atom stereocenters. The van der Waals surface area contributed by atoms with Crippen molar-refractivity contribution < 1.29 is 14.2 Å². The number of aliphatic hydroxyl groups excluding tert-OH is 1. The Labute approximate surface area is 204 Å². The van der Waals surface area contributed by atoms with Crippen molar-refractivity contribution >= 4 is 5.65 Å². The van der Waals surface area contributed by atoms with E-state index in [1.807, 2.05) is 70.7 Å². The summed E-state index contributed by atoms with van der Waals surface area (Å²) in [7, 11) is 3.73. The molecule has 0 amide bonds. The predicted octanol–water partition coefficient (Wildman–Crippen LogP) is 4.00. The lowest BCUT2D eigenvalue weighted by Gasteiger charge is -2.25. The van der Waals surface area contributed by atoms with Crippen molar-refractivity contribution in [3.05, 3.63) is 65.4 Å². The molecule has 186 valence electrons. The Bertz CT molecular complexity index is 1340. The molecule has 8 nitrogen and oxygen atoms in total. The zero-order chi connectivity index (χ0) is 25.3. The third-order valence-electron chi connectivity index (χ3n) is 6.27. The minimum atomic E-state index is -0.723. The summed E-state index contributed by atoms with van der Waals surface area (Å²) in [6, 6.07) is 3.78. The predicted molar refractivity (Wildman–Crippen MR) is 133 cm³/mol. The normalized spacial score (nSPS) is 12.9. The minimum Gasteiger partial charge on any atom is -0.489 e. The topological polar surface area (TPSA) is 89.5 Å². The highest BCUT2D eigenvalue weighted by Gasteiger charge is 2.30. The molecule has 1 atom stereocenters. The van der Waals surface area contributed by atoms with Gasteiger partial charge in [-0.1, -0.05) is 20.8 Å². The molecule has 0 aliphatic heterocycles. The number of halogens is 1. The number of aryl methyl sites for hydroxylation is 1. The lowest BCUT2D eigenvalue weighted by atomic mass is 9.85. The molecule has 0 radical (unpaired) electrons. The zero-order valence-corrected chi connectivity index (χ0v) is 21.1. The summed E-state index contributed by atoms with van der Waals surface area (Å²) in [5, 5.41) is 18.5. The average molecular weight is 481 g/mol. The number of ether oxygens (including phenoxy) is 1. The van der Waals surface area contributed by atoms with Crippen molar-refractivity contribution in [1.29, 1.82) is 0 Å². The molecule has 0 bridgehead atoms. The fourth-order valence-corrected chi connectivity index (χ4v) is 4.15. The maximum atomic E-state index is 14.9. The van der Waals surface area contributed by atoms with Crippen molar-refractivity contribution in [3.8, 4) is 16.9 Å². The van der Waals surface area contributed by atoms with E-state index in [-0.39, 0.29) is 17.8 Å². The molecule has 4 aromatic heterocycles. The number of hydrogen-bond acceptors (Lipinski definition) is 6. The molecule has 0 fully saturated rings. The summed E-state index contributed by atoms with van der Waals surface area (Å²) in [5.74, 6) is -0.379. The van der Waals surface area contributed by atoms with E-state index in [4.69, 9.17) is 4.74 Å². The van der Waals surface area contributed by atoms with Crippen LogP contribution >= 0.6 is 0 Å². The third kappa shape index (κ3) is 4.92. The molecule has 0 aromatic carbocycles. The van der Waals surface area contributed by atoms with E-state index in [1.54, 1.807) is 10.9 Å². The molecule has 35 heavy (non-hydrogen) atoms. The summed E-state index contributed by atoms with van der Waals surface area (Å²) in [4.78, 5) is 8.48. The molecule has 2 N–H and O–H groups in total. The SMILES string of the molecule is CNCc1cnc2ccc(-c3cncc(F)c3OCCc3c(C(O)C(C)(C)C)nn(C)c3C)cn12. The molecule has 4 rings (SSSR count). The van der Waals surface area contributed by atoms with Crippen molar-refractivity contribution in [2.75, 3.05) is 13.7 Å². The van der Waals surface area contributed by atoms with Gasteiger partial charge in [0, 0.05) is 54.8 Å². The van der Waals surface area contributed by atoms with Crippen LogP contribution in [-0.2, 0) is 20.0 Å². The number of rotatable bonds is 8. The molecule has 4 aromatic rings. The van der Waals surface area contributed by atoms with Crippen LogP contribution in [0.2, 0.25) is 0 Å². The van der Waals surface area contributed by atoms with E-state index >= 15 is 0 Å². The molecule has 0 saturated heterocycles. The molecule has 0 aliphatic rings. The quantitative estimate of drug-likeness (QED) is 0.396. The van der Waals surface area contributed by atoms with Gasteiger partial charge in [-0.3, -0.25) is 9.67 Å². The van der Waals surface area contributed by atoms with Crippen LogP contribution in [-0.4, -0.2) is 42.9 Å². The van der Waals surface area contributed by atoms with Gasteiger partial charge in [0.25, 0.3) is 0 Å². The first-order chi connectivity index (χ1) is 16.6. The van der Waals surface area contributed by atoms with E-state index < -0.39 is 11.9 Å². The highest BCUT2D eigenvalue weighted by molar-refractivity contribution is 5.70. The lowest BCUT2D eigenvalue weighted by molar-refractivity contribution is 0.0575. The number of hydrogen-bond donors (Lipinski definition) is 2. The highest BCUT2D eigenvalue weighted by Crippen LogP contribution is 2.35. The van der Waals surface area contributed by atoms with Crippen molar-refractivity contribution in [3.63, 3.8) is 0 Å². The van der Waals surface area contributed by atoms with Gasteiger partial charge in [-0.15, -0.1) is 0 Å². The second-order valence-electron chi connectivity index (χ2n) is 9.86. The number of nitrogens with one attached hydrogen (secondary N) is 1. The van der Waals surface area contributed by atoms with Crippen LogP contribution in [0.3, 0.4) is 0 Å². The zero-order valence-electron chi connectivity index (χ0n) is 21.1. The molecule has 4 heterocycles. The third-order valence-corrected chi connectivity index (χ3v) is 6.27. The average Bonchev–Trinajstić information content (AvgIpc) is 3.34. The minimum absolute atomic E-state index is 0.147. The van der Waals surface area contributed by atoms with Crippen molar-refractivity contribution in [2.24, 2.45) is 12.5 Å². The molecule has 0 aliphatic carbocycles. The van der Waals surface area contributed by atoms with E-state index in [2.05, 4.69) is 20.4 Å². The monoisotopic (exact) mass is 480 g/mol. The summed E-state index contributed by atoms with van der Waals surface area (Å²) >= 11 is 0. The second-order valence-corrected chi connectivity index (χ2v) is 9.86. The van der Waals surface area contributed by atoms with E-state index in [1.165, 1.54) is 0 Å². The van der Waals surface area contributed by atoms with E-state index in [9.17, 15) is 9.50 Å². The van der Waals surface area contributed by atoms with Gasteiger partial charge in [0.2, 0.25) is 0 Å². The van der Waals surface area contributed by atoms with Crippen LogP contribution in [0.15, 0.2) is 36.9 Å². The number of fused-ring (bicyclic) bond motifs is 1. The summed E-state index contributed by atoms with van der Waals surface area (Å²) in [6.45, 7) is 8.76. The van der Waals surface area contributed by atoms with E-state index in [0.717, 1.165) is 34.4 Å². The van der Waals surface area contributed by atoms with Gasteiger partial charge < -0.3 is 19.6 Å². The van der Waals surface area contributed by atoms with Crippen molar-refractivity contribution in [2.45, 2.75) is 46.8 Å². The molecular weight excluding hydrogens is 447 g/mol. The van der Waals surface area contributed by atoms with Gasteiger partial charge in [-0.2, -0.15) is 5.10 Å². The molecular formula is C26H33FN6O2. The Balaban J connectivity index is 1.62. The fraction of sp³-hybridized carbons (Fsp3) is 0.423. The largest absolute Gasteiger partial charge is 0.489 e. The number of pyridine rings is 2. The molecule has 9 heteroatoms. The van der Waals surface area contributed by atoms with Gasteiger partial charge in [0.15, 0.2) is 11.6 Å². The van der Waals surface area contributed by atoms with Crippen LogP contribution in [0.25, 0.3) is 16.8 Å². The standard InChI is InChI=1S/C26H33FN6O2/c1-16-19(23(31-32(16)6)25(34)26(2,3)4)9-10-35-24-20(13-29-14-21(24)27)17-7-8-22-30-12-18(11-28-5)33(22)15-17/h7-8,12-15,25,28,34H,9-11H2,1-6H3. The van der Waals surface area contributed by atoms with Crippen LogP contribution in [0.5, 0.6) is 5.75 Å². The Morgan fingerprint density at radius 1 is 1.20 bits per heavy atom. The van der Waals surface area contributed by atoms with Gasteiger partial charge >= 0.3 is 0 Å². The van der Waals surface area contributed by atoms with Gasteiger partial charge in [0.05, 0.1) is 30.4 Å². The fourth-order valence-electron chi connectivity index (χ4n) is 4.15. The molecule has 0 spiro atoms. The van der Waals surface area contributed by atoms with Gasteiger partial charge in [0.1, 0.15) is 11.8 Å². The Morgan fingerprint density at radius 3 is 2.69 bits per heavy atom. The van der Waals surface area contributed by atoms with Crippen molar-refractivity contribution in [1.82, 2.24) is 29.5 Å². The number of aromatic nitrogens is 5. The maximum Gasteiger partial charge on any atom is 0.183 e. The number of nitrogens with zero attached hydrogens (tertiary/aromatic N) is 5. The van der Waals surface area contributed by atoms with E-state index in [0.29, 0.717) is 24.2 Å². The lowest BCUT2D eigenvalue weighted by Crippen LogP contribution is -2.20. The first-order valence-electron chi connectivity index (χ1n) is 11.7. The van der Waals surface area contributed by atoms with Crippen LogP contribution in [0.1, 0.15) is 49.5 Å². The van der Waals surface area contributed by atoms with Crippen LogP contribution < -0.4 is 10.1 Å². The second kappa shape index (κ2) is 9.75. The first-order valence-corrected chi connectivity index (χ1v) is 11.7. The first kappa shape index (κ1) is 24.8. The summed E-state index contributed by atoms with van der Waals surface area (Å²) in [6.07, 6.45) is 6.26. The smallest absolute Gasteiger partial charge is 0.183 e. The van der Waals surface area contributed by atoms with Gasteiger partial charge in [-0.05, 0) is 31.5 Å². The van der Waals surface area contributed by atoms with Crippen LogP contribution in [0.4, 0.5) is 4.39 Å². The molecule has 0 saturated carbocycles. The number of imidazole rings is 1. The maximum absolute atomic E-state index is 14.9. The van der Waals surface area contributed by atoms with Crippen LogP contribution in [0, 0.1) is 18.2 Å².